The number of pyridine rings is 1. The van der Waals surface area contributed by atoms with E-state index in [1.54, 1.807) is 6.07 Å². The zero-order valence-corrected chi connectivity index (χ0v) is 14.1. The number of carboxylic acids is 1. The van der Waals surface area contributed by atoms with Crippen LogP contribution in [0.25, 0.3) is 6.08 Å². The first-order chi connectivity index (χ1) is 10.2. The molecule has 2 rings (SSSR count). The second kappa shape index (κ2) is 6.06. The lowest BCUT2D eigenvalue weighted by Gasteiger charge is -2.32. The van der Waals surface area contributed by atoms with Gasteiger partial charge in [-0.1, -0.05) is 0 Å². The Balaban J connectivity index is 2.23. The van der Waals surface area contributed by atoms with E-state index in [4.69, 9.17) is 14.4 Å². The molecule has 0 aromatic carbocycles. The van der Waals surface area contributed by atoms with Gasteiger partial charge in [-0.05, 0) is 51.4 Å². The maximum absolute atomic E-state index is 10.8. The molecule has 1 aromatic rings. The predicted octanol–water partition coefficient (Wildman–Crippen LogP) is 2.72. The van der Waals surface area contributed by atoms with Crippen LogP contribution in [-0.2, 0) is 9.31 Å². The van der Waals surface area contributed by atoms with Crippen molar-refractivity contribution in [3.63, 3.8) is 0 Å². The van der Waals surface area contributed by atoms with E-state index in [1.165, 1.54) is 12.3 Å². The third kappa shape index (κ3) is 3.37. The average molecular weight is 321 g/mol. The monoisotopic (exact) mass is 321 g/mol. The molecule has 1 fully saturated rings. The Hall–Kier alpha value is -1.31. The van der Waals surface area contributed by atoms with Gasteiger partial charge in [0.1, 0.15) is 0 Å². The summed E-state index contributed by atoms with van der Waals surface area (Å²) >= 11 is 4.34. The lowest BCUT2D eigenvalue weighted by atomic mass is 9.78. The molecule has 0 unspecified atom stereocenters. The van der Waals surface area contributed by atoms with Gasteiger partial charge >= 0.3 is 13.1 Å². The number of hydrogen-bond donors (Lipinski definition) is 2. The van der Waals surface area contributed by atoms with Crippen molar-refractivity contribution in [3.8, 4) is 0 Å². The molecule has 118 valence electrons. The molecule has 5 nitrogen and oxygen atoms in total. The zero-order valence-electron chi connectivity index (χ0n) is 13.2. The molecule has 1 aromatic heterocycles. The molecule has 0 atom stereocenters. The molecule has 7 heteroatoms. The summed E-state index contributed by atoms with van der Waals surface area (Å²) in [6.07, 6.45) is 3.15. The largest absolute Gasteiger partial charge is 0.491 e. The van der Waals surface area contributed by atoms with Crippen molar-refractivity contribution in [2.45, 2.75) is 38.9 Å². The fourth-order valence-corrected chi connectivity index (χ4v) is 2.23. The molecule has 1 aliphatic rings. The lowest BCUT2D eigenvalue weighted by molar-refractivity contribution is 0.00578. The summed E-state index contributed by atoms with van der Waals surface area (Å²) in [7, 11) is -0.483. The van der Waals surface area contributed by atoms with Gasteiger partial charge in [0.15, 0.2) is 0 Å². The summed E-state index contributed by atoms with van der Waals surface area (Å²) in [4.78, 5) is 15.0. The van der Waals surface area contributed by atoms with Gasteiger partial charge in [0, 0.05) is 11.9 Å². The summed E-state index contributed by atoms with van der Waals surface area (Å²) in [5.74, 6) is -0.539. The molecule has 0 radical (unpaired) electrons. The second-order valence-corrected chi connectivity index (χ2v) is 6.56. The van der Waals surface area contributed by atoms with Crippen molar-refractivity contribution in [3.05, 3.63) is 35.1 Å². The Bertz CT molecular complexity index is 582. The smallest absolute Gasteiger partial charge is 0.478 e. The number of rotatable bonds is 4. The summed E-state index contributed by atoms with van der Waals surface area (Å²) in [6, 6.07) is 3.17. The Labute approximate surface area is 136 Å². The van der Waals surface area contributed by atoms with E-state index in [-0.39, 0.29) is 5.56 Å². The van der Waals surface area contributed by atoms with Crippen LogP contribution in [0.4, 0.5) is 0 Å². The van der Waals surface area contributed by atoms with Gasteiger partial charge < -0.3 is 14.4 Å². The molecule has 1 aliphatic heterocycles. The van der Waals surface area contributed by atoms with E-state index >= 15 is 0 Å². The summed E-state index contributed by atoms with van der Waals surface area (Å²) in [5.41, 5.74) is 0.808. The normalized spacial score (nSPS) is 20.2. The van der Waals surface area contributed by atoms with Crippen LogP contribution in [0.3, 0.4) is 0 Å². The average Bonchev–Trinajstić information content (AvgIpc) is 2.65. The minimum Gasteiger partial charge on any atom is -0.478 e. The number of carboxylic acid groups (broad SMARTS) is 1. The summed E-state index contributed by atoms with van der Waals surface area (Å²) in [6.45, 7) is 7.96. The summed E-state index contributed by atoms with van der Waals surface area (Å²) < 4.78 is 12.0. The van der Waals surface area contributed by atoms with Crippen LogP contribution in [0.1, 0.15) is 43.7 Å². The summed E-state index contributed by atoms with van der Waals surface area (Å²) in [5, 5.41) is 8.88. The first kappa shape index (κ1) is 17.1. The van der Waals surface area contributed by atoms with Gasteiger partial charge in [0.2, 0.25) is 0 Å². The van der Waals surface area contributed by atoms with Crippen molar-refractivity contribution in [1.82, 2.24) is 4.98 Å². The fourth-order valence-electron chi connectivity index (χ4n) is 1.99. The minimum atomic E-state index is -0.997. The highest BCUT2D eigenvalue weighted by molar-refractivity contribution is 7.80. The van der Waals surface area contributed by atoms with Crippen LogP contribution < -0.4 is 0 Å². The van der Waals surface area contributed by atoms with E-state index in [0.717, 1.165) is 5.47 Å². The van der Waals surface area contributed by atoms with Crippen molar-refractivity contribution >= 4 is 31.8 Å². The molecule has 0 amide bonds. The molecule has 0 spiro atoms. The minimum absolute atomic E-state index is 0.153. The maximum Gasteiger partial charge on any atom is 0.491 e. The molecule has 0 saturated carbocycles. The quantitative estimate of drug-likeness (QED) is 0.659. The maximum atomic E-state index is 10.8. The van der Waals surface area contributed by atoms with Crippen molar-refractivity contribution < 1.29 is 19.2 Å². The molecular weight excluding hydrogens is 301 g/mol. The molecular formula is C15H20BNO4S. The van der Waals surface area contributed by atoms with Crippen LogP contribution in [0.2, 0.25) is 0 Å². The number of carbonyl (C=O) groups is 1. The molecule has 1 N–H and O–H groups in total. The molecule has 0 aliphatic carbocycles. The van der Waals surface area contributed by atoms with Crippen LogP contribution in [0.5, 0.6) is 0 Å². The Kier molecular flexibility index (Phi) is 4.70. The first-order valence-corrected chi connectivity index (χ1v) is 7.66. The van der Waals surface area contributed by atoms with Gasteiger partial charge in [-0.2, -0.15) is 12.6 Å². The highest BCUT2D eigenvalue weighted by atomic mass is 32.1. The fraction of sp³-hybridized carbons (Fsp3) is 0.467. The highest BCUT2D eigenvalue weighted by Crippen LogP contribution is 2.38. The highest BCUT2D eigenvalue weighted by Gasteiger charge is 2.52. The zero-order chi connectivity index (χ0) is 16.5. The number of hydrogen-bond acceptors (Lipinski definition) is 5. The van der Waals surface area contributed by atoms with Crippen LogP contribution in [0.15, 0.2) is 23.8 Å². The Morgan fingerprint density at radius 1 is 1.32 bits per heavy atom. The molecule has 22 heavy (non-hydrogen) atoms. The van der Waals surface area contributed by atoms with E-state index < -0.39 is 24.3 Å². The van der Waals surface area contributed by atoms with E-state index in [2.05, 4.69) is 17.6 Å². The SMILES string of the molecule is CC1(C)OB(C(=Cc2ccc(C(=O)O)cn2)CS)OC1(C)C. The third-order valence-corrected chi connectivity index (χ3v) is 4.47. The van der Waals surface area contributed by atoms with Gasteiger partial charge in [-0.15, -0.1) is 0 Å². The van der Waals surface area contributed by atoms with Gasteiger partial charge in [0.05, 0.1) is 22.5 Å². The Morgan fingerprint density at radius 2 is 1.91 bits per heavy atom. The van der Waals surface area contributed by atoms with Crippen molar-refractivity contribution in [2.24, 2.45) is 0 Å². The van der Waals surface area contributed by atoms with Crippen molar-refractivity contribution in [1.29, 1.82) is 0 Å². The molecule has 0 bridgehead atoms. The standard InChI is InChI=1S/C15H20BNO4S/c1-14(2)15(3,4)21-16(20-14)11(9-22)7-12-6-5-10(8-17-12)13(18)19/h5-8,22H,9H2,1-4H3,(H,18,19). The van der Waals surface area contributed by atoms with Crippen LogP contribution in [0, 0.1) is 0 Å². The van der Waals surface area contributed by atoms with Gasteiger partial charge in [0.25, 0.3) is 0 Å². The van der Waals surface area contributed by atoms with Crippen LogP contribution >= 0.6 is 12.6 Å². The Morgan fingerprint density at radius 3 is 2.32 bits per heavy atom. The van der Waals surface area contributed by atoms with Gasteiger partial charge in [-0.25, -0.2) is 4.79 Å². The predicted molar refractivity (Wildman–Crippen MR) is 89.1 cm³/mol. The van der Waals surface area contributed by atoms with Crippen molar-refractivity contribution in [2.75, 3.05) is 5.75 Å². The lowest BCUT2D eigenvalue weighted by Crippen LogP contribution is -2.41. The second-order valence-electron chi connectivity index (χ2n) is 6.24. The van der Waals surface area contributed by atoms with E-state index in [1.807, 2.05) is 33.8 Å². The molecule has 1 saturated heterocycles. The third-order valence-electron chi connectivity index (χ3n) is 4.11. The topological polar surface area (TPSA) is 68.7 Å². The first-order valence-electron chi connectivity index (χ1n) is 7.02. The molecule has 2 heterocycles. The van der Waals surface area contributed by atoms with E-state index in [0.29, 0.717) is 11.4 Å². The number of nitrogens with zero attached hydrogens (tertiary/aromatic N) is 1. The van der Waals surface area contributed by atoms with Gasteiger partial charge in [-0.3, -0.25) is 4.98 Å². The van der Waals surface area contributed by atoms with E-state index in [9.17, 15) is 4.79 Å². The number of aromatic carboxylic acids is 1. The number of thiol groups is 1. The number of aromatic nitrogens is 1. The van der Waals surface area contributed by atoms with Crippen LogP contribution in [-0.4, -0.2) is 40.1 Å².